The van der Waals surface area contributed by atoms with Crippen molar-refractivity contribution in [2.24, 2.45) is 0 Å². The molecule has 66 valence electrons. The van der Waals surface area contributed by atoms with Crippen molar-refractivity contribution in [1.82, 2.24) is 0 Å². The minimum Gasteiger partial charge on any atom is -0.504 e. The first kappa shape index (κ1) is 8.52. The lowest BCUT2D eigenvalue weighted by molar-refractivity contribution is 0.480. The lowest BCUT2D eigenvalue weighted by Crippen LogP contribution is -2.03. The highest BCUT2D eigenvalue weighted by Crippen LogP contribution is 2.37. The van der Waals surface area contributed by atoms with Crippen LogP contribution in [0.25, 0.3) is 0 Å². The van der Waals surface area contributed by atoms with Gasteiger partial charge in [0, 0.05) is 5.69 Å². The molecule has 0 aliphatic rings. The number of nitrogen functional groups attached to an aromatic ring is 3. The monoisotopic (exact) mass is 167 g/mol. The Morgan fingerprint density at radius 2 is 1.17 bits per heavy atom. The molecular weight excluding hydrogens is 154 g/mol. The van der Waals surface area contributed by atoms with Gasteiger partial charge in [0.25, 0.3) is 0 Å². The van der Waals surface area contributed by atoms with E-state index in [-0.39, 0.29) is 17.1 Å². The van der Waals surface area contributed by atoms with Crippen LogP contribution in [0.5, 0.6) is 5.75 Å². The highest BCUT2D eigenvalue weighted by molar-refractivity contribution is 5.81. The SMILES string of the molecule is Cc1c(N)c(C)c(N)c(O)c1N. The first-order valence-corrected chi connectivity index (χ1v) is 3.59. The first-order chi connectivity index (χ1) is 5.46. The maximum atomic E-state index is 9.39. The Balaban J connectivity index is 3.60. The van der Waals surface area contributed by atoms with E-state index in [1.165, 1.54) is 0 Å². The molecule has 1 aromatic rings. The Morgan fingerprint density at radius 1 is 0.833 bits per heavy atom. The van der Waals surface area contributed by atoms with E-state index in [0.717, 1.165) is 0 Å². The van der Waals surface area contributed by atoms with Crippen molar-refractivity contribution in [2.75, 3.05) is 17.2 Å². The van der Waals surface area contributed by atoms with E-state index in [4.69, 9.17) is 17.2 Å². The largest absolute Gasteiger partial charge is 0.504 e. The number of hydrogen-bond acceptors (Lipinski definition) is 4. The minimum absolute atomic E-state index is 0.0702. The number of rotatable bonds is 0. The highest BCUT2D eigenvalue weighted by Gasteiger charge is 2.12. The van der Waals surface area contributed by atoms with Crippen LogP contribution in [0.15, 0.2) is 0 Å². The van der Waals surface area contributed by atoms with E-state index >= 15 is 0 Å². The number of benzene rings is 1. The number of phenols is 1. The van der Waals surface area contributed by atoms with Crippen LogP contribution < -0.4 is 17.2 Å². The Hall–Kier alpha value is -1.58. The van der Waals surface area contributed by atoms with Gasteiger partial charge in [0.15, 0.2) is 5.75 Å². The summed E-state index contributed by atoms with van der Waals surface area (Å²) in [5, 5.41) is 9.39. The van der Waals surface area contributed by atoms with E-state index in [2.05, 4.69) is 0 Å². The van der Waals surface area contributed by atoms with Gasteiger partial charge in [-0.2, -0.15) is 0 Å². The second-order valence-corrected chi connectivity index (χ2v) is 2.84. The molecule has 7 N–H and O–H groups in total. The van der Waals surface area contributed by atoms with Crippen LogP contribution in [0.2, 0.25) is 0 Å². The van der Waals surface area contributed by atoms with Gasteiger partial charge in [0.1, 0.15) is 0 Å². The third kappa shape index (κ3) is 0.922. The smallest absolute Gasteiger partial charge is 0.162 e. The van der Waals surface area contributed by atoms with Gasteiger partial charge in [-0.25, -0.2) is 0 Å². The van der Waals surface area contributed by atoms with Crippen molar-refractivity contribution < 1.29 is 5.11 Å². The molecule has 0 spiro atoms. The summed E-state index contributed by atoms with van der Waals surface area (Å²) in [6, 6.07) is 0. The van der Waals surface area contributed by atoms with Gasteiger partial charge in [-0.3, -0.25) is 0 Å². The van der Waals surface area contributed by atoms with Gasteiger partial charge >= 0.3 is 0 Å². The molecule has 0 saturated carbocycles. The maximum absolute atomic E-state index is 9.39. The van der Waals surface area contributed by atoms with Crippen molar-refractivity contribution in [3.63, 3.8) is 0 Å². The fourth-order valence-corrected chi connectivity index (χ4v) is 1.07. The van der Waals surface area contributed by atoms with Gasteiger partial charge in [-0.1, -0.05) is 0 Å². The van der Waals surface area contributed by atoms with Crippen LogP contribution in [0.3, 0.4) is 0 Å². The molecule has 0 aliphatic heterocycles. The number of hydrogen-bond donors (Lipinski definition) is 4. The van der Waals surface area contributed by atoms with Gasteiger partial charge in [0.2, 0.25) is 0 Å². The zero-order valence-corrected chi connectivity index (χ0v) is 7.18. The van der Waals surface area contributed by atoms with Crippen molar-refractivity contribution >= 4 is 17.1 Å². The Morgan fingerprint density at radius 3 is 1.50 bits per heavy atom. The molecule has 1 rings (SSSR count). The zero-order chi connectivity index (χ0) is 9.46. The van der Waals surface area contributed by atoms with Crippen molar-refractivity contribution in [2.45, 2.75) is 13.8 Å². The maximum Gasteiger partial charge on any atom is 0.162 e. The third-order valence-corrected chi connectivity index (χ3v) is 2.13. The van der Waals surface area contributed by atoms with E-state index in [1.54, 1.807) is 13.8 Å². The summed E-state index contributed by atoms with van der Waals surface area (Å²) in [7, 11) is 0. The van der Waals surface area contributed by atoms with Crippen LogP contribution in [-0.4, -0.2) is 5.11 Å². The lowest BCUT2D eigenvalue weighted by Gasteiger charge is -2.12. The molecule has 0 saturated heterocycles. The average molecular weight is 167 g/mol. The second-order valence-electron chi connectivity index (χ2n) is 2.84. The van der Waals surface area contributed by atoms with Crippen LogP contribution in [-0.2, 0) is 0 Å². The normalized spacial score (nSPS) is 10.2. The van der Waals surface area contributed by atoms with Crippen molar-refractivity contribution in [1.29, 1.82) is 0 Å². The summed E-state index contributed by atoms with van der Waals surface area (Å²) >= 11 is 0. The lowest BCUT2D eigenvalue weighted by atomic mass is 10.0. The molecule has 4 nitrogen and oxygen atoms in total. The standard InChI is InChI=1S/C8H13N3O/c1-3-5(9)4(2)7(11)8(12)6(3)10/h12H,9-11H2,1-2H3. The van der Waals surface area contributed by atoms with Gasteiger partial charge in [-0.15, -0.1) is 0 Å². The molecule has 0 amide bonds. The summed E-state index contributed by atoms with van der Waals surface area (Å²) in [5.74, 6) is -0.0702. The molecule has 1 aromatic carbocycles. The quantitative estimate of drug-likeness (QED) is 0.260. The summed E-state index contributed by atoms with van der Waals surface area (Å²) in [6.07, 6.45) is 0. The van der Waals surface area contributed by atoms with Crippen LogP contribution >= 0.6 is 0 Å². The highest BCUT2D eigenvalue weighted by atomic mass is 16.3. The number of nitrogens with two attached hydrogens (primary N) is 3. The van der Waals surface area contributed by atoms with Crippen molar-refractivity contribution in [3.8, 4) is 5.75 Å². The second kappa shape index (κ2) is 2.48. The van der Waals surface area contributed by atoms with Gasteiger partial charge in [-0.05, 0) is 25.0 Å². The molecule has 0 radical (unpaired) electrons. The summed E-state index contributed by atoms with van der Waals surface area (Å²) in [6.45, 7) is 3.49. The predicted molar refractivity (Wildman–Crippen MR) is 50.8 cm³/mol. The molecule has 0 aliphatic carbocycles. The van der Waals surface area contributed by atoms with Crippen molar-refractivity contribution in [3.05, 3.63) is 11.1 Å². The van der Waals surface area contributed by atoms with Crippen LogP contribution in [0, 0.1) is 13.8 Å². The van der Waals surface area contributed by atoms with Gasteiger partial charge in [0.05, 0.1) is 11.4 Å². The summed E-state index contributed by atoms with van der Waals surface area (Å²) in [5.41, 5.74) is 19.2. The minimum atomic E-state index is -0.0702. The summed E-state index contributed by atoms with van der Waals surface area (Å²) in [4.78, 5) is 0. The van der Waals surface area contributed by atoms with Crippen LogP contribution in [0.4, 0.5) is 17.1 Å². The first-order valence-electron chi connectivity index (χ1n) is 3.59. The van der Waals surface area contributed by atoms with E-state index in [0.29, 0.717) is 16.8 Å². The van der Waals surface area contributed by atoms with Gasteiger partial charge < -0.3 is 22.3 Å². The molecule has 0 heterocycles. The molecule has 12 heavy (non-hydrogen) atoms. The number of aromatic hydroxyl groups is 1. The molecule has 0 atom stereocenters. The van der Waals surface area contributed by atoms with E-state index < -0.39 is 0 Å². The molecule has 4 heteroatoms. The topological polar surface area (TPSA) is 98.3 Å². The average Bonchev–Trinajstić information content (AvgIpc) is 2.08. The molecule has 0 fully saturated rings. The fourth-order valence-electron chi connectivity index (χ4n) is 1.07. The Bertz CT molecular complexity index is 229. The third-order valence-electron chi connectivity index (χ3n) is 2.13. The number of anilines is 3. The molecule has 0 unspecified atom stereocenters. The molecule has 0 bridgehead atoms. The van der Waals surface area contributed by atoms with Crippen LogP contribution in [0.1, 0.15) is 11.1 Å². The van der Waals surface area contributed by atoms with E-state index in [9.17, 15) is 5.11 Å². The van der Waals surface area contributed by atoms with E-state index in [1.807, 2.05) is 0 Å². The fraction of sp³-hybridized carbons (Fsp3) is 0.250. The predicted octanol–water partition coefficient (Wildman–Crippen LogP) is 0.756. The Kier molecular flexibility index (Phi) is 1.76. The zero-order valence-electron chi connectivity index (χ0n) is 7.18. The molecular formula is C8H13N3O. The number of phenolic OH excluding ortho intramolecular Hbond substituents is 1. The Labute approximate surface area is 71.0 Å². The molecule has 0 aromatic heterocycles. The summed E-state index contributed by atoms with van der Waals surface area (Å²) < 4.78 is 0.